The molecule has 1 N–H and O–H groups in total. The Morgan fingerprint density at radius 1 is 1.00 bits per heavy atom. The Kier molecular flexibility index (Phi) is 3.50. The summed E-state index contributed by atoms with van der Waals surface area (Å²) < 4.78 is 7.03. The van der Waals surface area contributed by atoms with Gasteiger partial charge in [-0.1, -0.05) is 0 Å². The minimum atomic E-state index is 0.200. The van der Waals surface area contributed by atoms with Gasteiger partial charge in [-0.2, -0.15) is 0 Å². The Balaban J connectivity index is 1.85. The summed E-state index contributed by atoms with van der Waals surface area (Å²) in [5.74, 6) is 1.84. The zero-order valence-electron chi connectivity index (χ0n) is 14.4. The lowest BCUT2D eigenvalue weighted by Crippen LogP contribution is -2.10. The average molecular weight is 333 g/mol. The number of pyridine rings is 1. The molecule has 0 saturated heterocycles. The molecule has 2 heterocycles. The summed E-state index contributed by atoms with van der Waals surface area (Å²) in [6.07, 6.45) is 1.92. The van der Waals surface area contributed by atoms with E-state index in [1.165, 1.54) is 0 Å². The second kappa shape index (κ2) is 5.70. The molecule has 0 bridgehead atoms. The molecule has 0 aliphatic heterocycles. The number of hydrogen-bond donors (Lipinski definition) is 1. The molecule has 0 atom stereocenters. The first-order valence-corrected chi connectivity index (χ1v) is 8.03. The van der Waals surface area contributed by atoms with Crippen LogP contribution in [0, 0.1) is 0 Å². The van der Waals surface area contributed by atoms with Crippen LogP contribution in [0.4, 0.5) is 5.82 Å². The van der Waals surface area contributed by atoms with Crippen LogP contribution in [-0.2, 0) is 0 Å². The number of methoxy groups -OCH3 is 1. The molecule has 0 amide bonds. The average Bonchev–Trinajstić information content (AvgIpc) is 2.97. The van der Waals surface area contributed by atoms with E-state index in [9.17, 15) is 5.11 Å². The van der Waals surface area contributed by atoms with Gasteiger partial charge in [0.1, 0.15) is 11.6 Å². The zero-order valence-corrected chi connectivity index (χ0v) is 14.4. The molecule has 25 heavy (non-hydrogen) atoms. The minimum absolute atomic E-state index is 0.200. The van der Waals surface area contributed by atoms with Gasteiger partial charge in [0, 0.05) is 42.1 Å². The predicted octanol–water partition coefficient (Wildman–Crippen LogP) is 3.96. The summed E-state index contributed by atoms with van der Waals surface area (Å²) in [7, 11) is 5.56. The molecule has 0 aliphatic carbocycles. The molecule has 0 spiro atoms. The van der Waals surface area contributed by atoms with E-state index in [2.05, 4.69) is 4.98 Å². The second-order valence-electron chi connectivity index (χ2n) is 6.22. The molecule has 126 valence electrons. The first kappa shape index (κ1) is 15.3. The van der Waals surface area contributed by atoms with Gasteiger partial charge in [-0.05, 0) is 48.5 Å². The molecule has 0 saturated carbocycles. The van der Waals surface area contributed by atoms with Crippen molar-refractivity contribution in [2.24, 2.45) is 0 Å². The summed E-state index contributed by atoms with van der Waals surface area (Å²) in [5, 5.41) is 13.4. The third kappa shape index (κ3) is 2.54. The number of anilines is 1. The molecule has 0 unspecified atom stereocenters. The number of nitrogens with zero attached hydrogens (tertiary/aromatic N) is 3. The number of aromatic nitrogens is 2. The van der Waals surface area contributed by atoms with E-state index in [0.717, 1.165) is 38.9 Å². The first-order valence-electron chi connectivity index (χ1n) is 8.03. The SMILES string of the molecule is COc1ccc2cn(-c3ccc4nc(N(C)C)ccc4c3)c(O)c2c1. The van der Waals surface area contributed by atoms with Gasteiger partial charge in [0.2, 0.25) is 5.88 Å². The number of benzene rings is 2. The minimum Gasteiger partial charge on any atom is -0.497 e. The molecular weight excluding hydrogens is 314 g/mol. The molecule has 5 nitrogen and oxygen atoms in total. The fourth-order valence-electron chi connectivity index (χ4n) is 3.00. The van der Waals surface area contributed by atoms with E-state index in [0.29, 0.717) is 0 Å². The van der Waals surface area contributed by atoms with Crippen LogP contribution in [0.25, 0.3) is 27.4 Å². The van der Waals surface area contributed by atoms with Crippen LogP contribution in [0.2, 0.25) is 0 Å². The molecule has 2 aromatic carbocycles. The summed E-state index contributed by atoms with van der Waals surface area (Å²) in [6.45, 7) is 0. The normalized spacial score (nSPS) is 11.2. The van der Waals surface area contributed by atoms with Gasteiger partial charge in [0.05, 0.1) is 12.6 Å². The highest BCUT2D eigenvalue weighted by Gasteiger charge is 2.11. The fourth-order valence-corrected chi connectivity index (χ4v) is 3.00. The largest absolute Gasteiger partial charge is 0.497 e. The van der Waals surface area contributed by atoms with Gasteiger partial charge >= 0.3 is 0 Å². The van der Waals surface area contributed by atoms with Crippen LogP contribution >= 0.6 is 0 Å². The lowest BCUT2D eigenvalue weighted by Gasteiger charge is -2.12. The lowest BCUT2D eigenvalue weighted by molar-refractivity contribution is 0.414. The van der Waals surface area contributed by atoms with Crippen molar-refractivity contribution in [2.45, 2.75) is 0 Å². The van der Waals surface area contributed by atoms with E-state index in [1.54, 1.807) is 11.7 Å². The van der Waals surface area contributed by atoms with Crippen LogP contribution in [0.1, 0.15) is 0 Å². The molecule has 2 aromatic heterocycles. The van der Waals surface area contributed by atoms with Crippen molar-refractivity contribution < 1.29 is 9.84 Å². The number of rotatable bonds is 3. The lowest BCUT2D eigenvalue weighted by atomic mass is 10.2. The van der Waals surface area contributed by atoms with Crippen molar-refractivity contribution in [3.05, 3.63) is 54.7 Å². The molecule has 4 aromatic rings. The fraction of sp³-hybridized carbons (Fsp3) is 0.150. The maximum Gasteiger partial charge on any atom is 0.203 e. The third-order valence-electron chi connectivity index (χ3n) is 4.39. The van der Waals surface area contributed by atoms with Crippen molar-refractivity contribution in [1.82, 2.24) is 9.55 Å². The standard InChI is InChI=1S/C20H19N3O2/c1-22(2)19-9-5-13-10-15(6-8-18(13)21-19)23-12-14-4-7-16(25-3)11-17(14)20(23)24/h4-12,24H,1-3H3. The quantitative estimate of drug-likeness (QED) is 0.616. The van der Waals surface area contributed by atoms with Crippen LogP contribution < -0.4 is 9.64 Å². The van der Waals surface area contributed by atoms with E-state index in [1.807, 2.05) is 73.7 Å². The molecule has 4 rings (SSSR count). The van der Waals surface area contributed by atoms with Crippen LogP contribution in [-0.4, -0.2) is 35.9 Å². The topological polar surface area (TPSA) is 50.5 Å². The van der Waals surface area contributed by atoms with Crippen LogP contribution in [0.15, 0.2) is 54.7 Å². The van der Waals surface area contributed by atoms with E-state index in [-0.39, 0.29) is 5.88 Å². The summed E-state index contributed by atoms with van der Waals surface area (Å²) >= 11 is 0. The van der Waals surface area contributed by atoms with E-state index in [4.69, 9.17) is 4.74 Å². The number of fused-ring (bicyclic) bond motifs is 2. The molecular formula is C20H19N3O2. The maximum absolute atomic E-state index is 10.6. The maximum atomic E-state index is 10.6. The zero-order chi connectivity index (χ0) is 17.6. The van der Waals surface area contributed by atoms with Crippen molar-refractivity contribution in [1.29, 1.82) is 0 Å². The number of ether oxygens (including phenoxy) is 1. The third-order valence-corrected chi connectivity index (χ3v) is 4.39. The Labute approximate surface area is 145 Å². The van der Waals surface area contributed by atoms with Gasteiger partial charge in [-0.15, -0.1) is 0 Å². The smallest absolute Gasteiger partial charge is 0.203 e. The summed E-state index contributed by atoms with van der Waals surface area (Å²) in [4.78, 5) is 6.61. The summed E-state index contributed by atoms with van der Waals surface area (Å²) in [6, 6.07) is 15.7. The monoisotopic (exact) mass is 333 g/mol. The second-order valence-corrected chi connectivity index (χ2v) is 6.22. The Morgan fingerprint density at radius 3 is 2.56 bits per heavy atom. The van der Waals surface area contributed by atoms with Crippen molar-refractivity contribution in [2.75, 3.05) is 26.1 Å². The molecule has 0 aliphatic rings. The predicted molar refractivity (Wildman–Crippen MR) is 101 cm³/mol. The van der Waals surface area contributed by atoms with Gasteiger partial charge in [0.25, 0.3) is 0 Å². The highest BCUT2D eigenvalue weighted by atomic mass is 16.5. The van der Waals surface area contributed by atoms with Gasteiger partial charge in [-0.25, -0.2) is 4.98 Å². The van der Waals surface area contributed by atoms with Gasteiger partial charge < -0.3 is 14.7 Å². The van der Waals surface area contributed by atoms with E-state index < -0.39 is 0 Å². The van der Waals surface area contributed by atoms with Crippen LogP contribution in [0.5, 0.6) is 11.6 Å². The molecule has 5 heteroatoms. The van der Waals surface area contributed by atoms with Gasteiger partial charge in [-0.3, -0.25) is 4.57 Å². The van der Waals surface area contributed by atoms with Gasteiger partial charge in [0.15, 0.2) is 0 Å². The number of aromatic hydroxyl groups is 1. The Bertz CT molecular complexity index is 1080. The van der Waals surface area contributed by atoms with Crippen molar-refractivity contribution in [3.8, 4) is 17.3 Å². The number of hydrogen-bond acceptors (Lipinski definition) is 4. The van der Waals surface area contributed by atoms with Crippen LogP contribution in [0.3, 0.4) is 0 Å². The summed E-state index contributed by atoms with van der Waals surface area (Å²) in [5.41, 5.74) is 1.81. The Hall–Kier alpha value is -3.21. The van der Waals surface area contributed by atoms with Crippen molar-refractivity contribution in [3.63, 3.8) is 0 Å². The van der Waals surface area contributed by atoms with E-state index >= 15 is 0 Å². The van der Waals surface area contributed by atoms with Crippen molar-refractivity contribution >= 4 is 27.5 Å². The molecule has 0 fully saturated rings. The highest BCUT2D eigenvalue weighted by Crippen LogP contribution is 2.33. The molecule has 0 radical (unpaired) electrons. The highest BCUT2D eigenvalue weighted by molar-refractivity contribution is 5.90. The Morgan fingerprint density at radius 2 is 1.80 bits per heavy atom. The first-order chi connectivity index (χ1) is 12.1.